The Balaban J connectivity index is 1.46. The van der Waals surface area contributed by atoms with E-state index in [-0.39, 0.29) is 26.4 Å². The smallest absolute Gasteiger partial charge is 0.126 e. The predicted molar refractivity (Wildman–Crippen MR) is 218 cm³/mol. The Morgan fingerprint density at radius 1 is 0.362 bits per heavy atom. The van der Waals surface area contributed by atoms with Crippen LogP contribution in [-0.2, 0) is 54.1 Å². The summed E-state index contributed by atoms with van der Waals surface area (Å²) in [7, 11) is 0. The fraction of sp³-hybridized carbons (Fsp3) is 0.478. The Morgan fingerprint density at radius 2 is 0.655 bits per heavy atom. The van der Waals surface area contributed by atoms with Crippen LogP contribution in [0.5, 0.6) is 23.0 Å². The van der Waals surface area contributed by atoms with E-state index in [0.717, 1.165) is 67.5 Å². The lowest BCUT2D eigenvalue weighted by Crippen LogP contribution is -2.15. The maximum Gasteiger partial charge on any atom is 0.126 e. The van der Waals surface area contributed by atoms with Gasteiger partial charge in [0.05, 0.1) is 92.5 Å². The molecule has 10 bridgehead atoms. The van der Waals surface area contributed by atoms with E-state index in [0.29, 0.717) is 118 Å². The second kappa shape index (κ2) is 24.6. The van der Waals surface area contributed by atoms with Gasteiger partial charge in [-0.05, 0) is 44.5 Å². The van der Waals surface area contributed by atoms with Gasteiger partial charge in [0, 0.05) is 25.7 Å². The molecule has 0 saturated carbocycles. The predicted octanol–water partition coefficient (Wildman–Crippen LogP) is 4.98. The number of aliphatic hydroxyl groups excluding tert-OH is 2. The van der Waals surface area contributed by atoms with Crippen LogP contribution < -0.4 is 18.9 Å². The third kappa shape index (κ3) is 13.1. The molecule has 6 rings (SSSR count). The van der Waals surface area contributed by atoms with E-state index in [1.165, 1.54) is 0 Å². The van der Waals surface area contributed by atoms with Crippen molar-refractivity contribution in [2.45, 2.75) is 25.7 Å². The van der Waals surface area contributed by atoms with Crippen molar-refractivity contribution in [3.05, 3.63) is 117 Å². The van der Waals surface area contributed by atoms with Crippen LogP contribution in [0, 0.1) is 0 Å². The lowest BCUT2D eigenvalue weighted by atomic mass is 9.91. The van der Waals surface area contributed by atoms with E-state index in [1.54, 1.807) is 0 Å². The van der Waals surface area contributed by atoms with Gasteiger partial charge in [0.2, 0.25) is 0 Å². The van der Waals surface area contributed by atoms with Gasteiger partial charge in [-0.25, -0.2) is 0 Å². The zero-order valence-corrected chi connectivity index (χ0v) is 33.5. The molecule has 314 valence electrons. The van der Waals surface area contributed by atoms with Crippen LogP contribution in [0.1, 0.15) is 44.5 Å². The summed E-state index contributed by atoms with van der Waals surface area (Å²) in [5, 5.41) is 18.6. The summed E-state index contributed by atoms with van der Waals surface area (Å²) in [6, 6.07) is 25.2. The Morgan fingerprint density at radius 3 is 0.966 bits per heavy atom. The van der Waals surface area contributed by atoms with Crippen molar-refractivity contribution >= 4 is 0 Å². The highest BCUT2D eigenvalue weighted by atomic mass is 16.6. The molecule has 0 fully saturated rings. The van der Waals surface area contributed by atoms with E-state index in [2.05, 4.69) is 72.8 Å². The number of benzene rings is 4. The summed E-state index contributed by atoms with van der Waals surface area (Å²) in [5.41, 5.74) is 8.09. The second-order valence-corrected chi connectivity index (χ2v) is 13.8. The molecule has 1 aliphatic carbocycles. The molecule has 0 spiro atoms. The van der Waals surface area contributed by atoms with Gasteiger partial charge in [0.1, 0.15) is 49.4 Å². The number of ether oxygens (including phenoxy) is 10. The standard InChI is InChI=1S/C46H58O12/c47-13-15-49-23-27-55-43-35-5-1-6-36(43)32-40-10-4-12-42-34-38-8-2-7-37(44(38)56-28-24-50-16-14-48)33-41-11-3-9-39(31-35)45(41)57-29-25-53-21-19-51-17-18-52-20-22-54-26-30-58-46(40)42/h1-12,47-48H,13-34H2. The molecule has 1 aliphatic heterocycles. The minimum Gasteiger partial charge on any atom is -0.491 e. The van der Waals surface area contributed by atoms with Crippen molar-refractivity contribution in [2.75, 3.05) is 119 Å². The van der Waals surface area contributed by atoms with Gasteiger partial charge in [0.15, 0.2) is 0 Å². The first-order valence-corrected chi connectivity index (χ1v) is 20.4. The van der Waals surface area contributed by atoms with Crippen LogP contribution in [0.3, 0.4) is 0 Å². The number of hydrogen-bond acceptors (Lipinski definition) is 12. The van der Waals surface area contributed by atoms with Crippen LogP contribution in [0.2, 0.25) is 0 Å². The summed E-state index contributed by atoms with van der Waals surface area (Å²) in [6.07, 6.45) is 2.19. The minimum atomic E-state index is -0.0477. The average molecular weight is 803 g/mol. The SMILES string of the molecule is OCCOCCOc1c2cccc1Cc1cccc3c1OCCOCCOCCOCCOCCOc1c(cccc1Cc1cccc(c1OCCOCCO)C3)C2. The fourth-order valence-electron chi connectivity index (χ4n) is 7.13. The first-order valence-electron chi connectivity index (χ1n) is 20.4. The summed E-state index contributed by atoms with van der Waals surface area (Å²) < 4.78 is 60.9. The molecule has 0 unspecified atom stereocenters. The minimum absolute atomic E-state index is 0.0477. The van der Waals surface area contributed by atoms with Crippen LogP contribution >= 0.6 is 0 Å². The molecule has 4 aromatic rings. The van der Waals surface area contributed by atoms with Gasteiger partial charge < -0.3 is 57.6 Å². The topological polar surface area (TPSA) is 133 Å². The Labute approximate surface area is 341 Å². The van der Waals surface area contributed by atoms with Crippen LogP contribution in [0.15, 0.2) is 72.8 Å². The van der Waals surface area contributed by atoms with Gasteiger partial charge in [-0.15, -0.1) is 0 Å². The van der Waals surface area contributed by atoms with Crippen molar-refractivity contribution in [3.8, 4) is 23.0 Å². The number of fused-ring (bicyclic) bond motifs is 2. The summed E-state index contributed by atoms with van der Waals surface area (Å²) in [6.45, 7) is 5.95. The fourth-order valence-corrected chi connectivity index (χ4v) is 7.13. The van der Waals surface area contributed by atoms with Crippen LogP contribution in [0.4, 0.5) is 0 Å². The summed E-state index contributed by atoms with van der Waals surface area (Å²) in [4.78, 5) is 0. The van der Waals surface area contributed by atoms with Crippen LogP contribution in [0.25, 0.3) is 0 Å². The number of rotatable bonds is 12. The molecular formula is C46H58O12. The molecule has 12 heteroatoms. The molecule has 4 aromatic carbocycles. The van der Waals surface area contributed by atoms with Crippen molar-refractivity contribution < 1.29 is 57.6 Å². The Kier molecular flexibility index (Phi) is 18.4. The highest BCUT2D eigenvalue weighted by Crippen LogP contribution is 2.39. The van der Waals surface area contributed by atoms with Crippen LogP contribution in [-0.4, -0.2) is 129 Å². The molecule has 2 aliphatic rings. The highest BCUT2D eigenvalue weighted by molar-refractivity contribution is 5.56. The highest BCUT2D eigenvalue weighted by Gasteiger charge is 2.22. The summed E-state index contributed by atoms with van der Waals surface area (Å²) >= 11 is 0. The first kappa shape index (κ1) is 43.3. The normalized spacial score (nSPS) is 15.8. The molecular weight excluding hydrogens is 744 g/mol. The third-order valence-corrected chi connectivity index (χ3v) is 9.72. The quantitative estimate of drug-likeness (QED) is 0.165. The van der Waals surface area contributed by atoms with E-state index < -0.39 is 0 Å². The lowest BCUT2D eigenvalue weighted by molar-refractivity contribution is -0.00706. The summed E-state index contributed by atoms with van der Waals surface area (Å²) in [5.74, 6) is 3.17. The molecule has 58 heavy (non-hydrogen) atoms. The number of aliphatic hydroxyl groups is 2. The number of hydrogen-bond donors (Lipinski definition) is 2. The molecule has 0 aromatic heterocycles. The molecule has 0 radical (unpaired) electrons. The number of para-hydroxylation sites is 4. The van der Waals surface area contributed by atoms with Crippen molar-refractivity contribution in [1.82, 2.24) is 0 Å². The zero-order valence-electron chi connectivity index (χ0n) is 33.5. The van der Waals surface area contributed by atoms with E-state index >= 15 is 0 Å². The van der Waals surface area contributed by atoms with Gasteiger partial charge in [-0.2, -0.15) is 0 Å². The maximum absolute atomic E-state index is 9.28. The van der Waals surface area contributed by atoms with E-state index in [4.69, 9.17) is 47.4 Å². The van der Waals surface area contributed by atoms with Gasteiger partial charge >= 0.3 is 0 Å². The van der Waals surface area contributed by atoms with Gasteiger partial charge in [0.25, 0.3) is 0 Å². The second-order valence-electron chi connectivity index (χ2n) is 13.8. The molecule has 0 saturated heterocycles. The van der Waals surface area contributed by atoms with Gasteiger partial charge in [-0.1, -0.05) is 72.8 Å². The Hall–Kier alpha value is -4.24. The lowest BCUT2D eigenvalue weighted by Gasteiger charge is -2.23. The molecule has 2 N–H and O–H groups in total. The molecule has 1 heterocycles. The third-order valence-electron chi connectivity index (χ3n) is 9.72. The van der Waals surface area contributed by atoms with Crippen molar-refractivity contribution in [2.24, 2.45) is 0 Å². The maximum atomic E-state index is 9.28. The Bertz CT molecular complexity index is 1600. The molecule has 0 atom stereocenters. The monoisotopic (exact) mass is 802 g/mol. The van der Waals surface area contributed by atoms with E-state index in [9.17, 15) is 10.2 Å². The van der Waals surface area contributed by atoms with Gasteiger partial charge in [-0.3, -0.25) is 0 Å². The molecule has 0 amide bonds. The largest absolute Gasteiger partial charge is 0.491 e. The average Bonchev–Trinajstić information content (AvgIpc) is 3.23. The zero-order chi connectivity index (χ0) is 40.0. The first-order chi connectivity index (χ1) is 28.7. The molecule has 12 nitrogen and oxygen atoms in total. The van der Waals surface area contributed by atoms with E-state index in [1.807, 2.05) is 0 Å². The van der Waals surface area contributed by atoms with Crippen molar-refractivity contribution in [3.63, 3.8) is 0 Å². The van der Waals surface area contributed by atoms with Crippen molar-refractivity contribution in [1.29, 1.82) is 0 Å².